The maximum atomic E-state index is 6.44. The molecule has 0 atom stereocenters. The molecule has 0 fully saturated rings. The third kappa shape index (κ3) is 9.61. The molecule has 7 aromatic rings. The van der Waals surface area contributed by atoms with Crippen molar-refractivity contribution in [1.82, 2.24) is 0 Å². The fourth-order valence-electron chi connectivity index (χ4n) is 7.77. The molecule has 3 aromatic heterocycles. The van der Waals surface area contributed by atoms with Gasteiger partial charge in [0.2, 0.25) is 0 Å². The first-order valence-corrected chi connectivity index (χ1v) is 23.8. The third-order valence-corrected chi connectivity index (χ3v) is 12.9. The minimum absolute atomic E-state index is 0. The van der Waals surface area contributed by atoms with Crippen LogP contribution < -0.4 is 14.3 Å². The van der Waals surface area contributed by atoms with E-state index in [-0.39, 0.29) is 25.5 Å². The molecule has 0 amide bonds. The van der Waals surface area contributed by atoms with Gasteiger partial charge in [-0.25, -0.2) is 0 Å². The Morgan fingerprint density at radius 2 is 1.36 bits per heavy atom. The number of hydrogen-bond acceptors (Lipinski definition) is 1. The second-order valence-electron chi connectivity index (χ2n) is 18.8. The molecule has 58 heavy (non-hydrogen) atoms. The molecule has 5 heteroatoms. The summed E-state index contributed by atoms with van der Waals surface area (Å²) in [6.07, 6.45) is 5.28. The molecule has 3 nitrogen and oxygen atoms in total. The number of benzene rings is 4. The van der Waals surface area contributed by atoms with Gasteiger partial charge < -0.3 is 13.6 Å². The summed E-state index contributed by atoms with van der Waals surface area (Å²) in [6.45, 7) is 33.7. The van der Waals surface area contributed by atoms with E-state index in [1.165, 1.54) is 44.1 Å². The molecule has 4 aromatic carbocycles. The first kappa shape index (κ1) is 44.4. The van der Waals surface area contributed by atoms with Crippen molar-refractivity contribution in [3.8, 4) is 33.6 Å². The van der Waals surface area contributed by atoms with Crippen molar-refractivity contribution in [2.75, 3.05) is 0 Å². The van der Waals surface area contributed by atoms with Gasteiger partial charge in [0.1, 0.15) is 5.58 Å². The smallest absolute Gasteiger partial charge is 0.133 e. The van der Waals surface area contributed by atoms with Crippen LogP contribution in [-0.4, -0.2) is 8.07 Å². The Morgan fingerprint density at radius 1 is 0.690 bits per heavy atom. The second kappa shape index (κ2) is 17.3. The molecule has 0 N–H and O–H groups in total. The minimum atomic E-state index is -1.41. The molecule has 0 unspecified atom stereocenters. The summed E-state index contributed by atoms with van der Waals surface area (Å²) in [5.41, 5.74) is 16.0. The van der Waals surface area contributed by atoms with Crippen LogP contribution in [0.5, 0.6) is 0 Å². The molecule has 0 aliphatic carbocycles. The Kier molecular flexibility index (Phi) is 13.2. The zero-order valence-corrected chi connectivity index (χ0v) is 40.0. The number of aryl methyl sites for hydroxylation is 1. The van der Waals surface area contributed by atoms with Gasteiger partial charge in [-0.15, -0.1) is 23.3 Å². The van der Waals surface area contributed by atoms with Gasteiger partial charge in [-0.1, -0.05) is 145 Å². The number of hydrogen-bond donors (Lipinski definition) is 0. The summed E-state index contributed by atoms with van der Waals surface area (Å²) < 4.78 is 10.4. The average molecular weight is 963 g/mol. The van der Waals surface area contributed by atoms with E-state index in [0.29, 0.717) is 11.8 Å². The van der Waals surface area contributed by atoms with E-state index in [9.17, 15) is 0 Å². The van der Waals surface area contributed by atoms with E-state index >= 15 is 0 Å². The first-order chi connectivity index (χ1) is 26.7. The summed E-state index contributed by atoms with van der Waals surface area (Å²) in [7, 11) is 7.12. The molecule has 0 bridgehead atoms. The molecular formula is C53H62IrN2OSi-2. The molecule has 0 spiro atoms. The molecular weight excluding hydrogens is 901 g/mol. The molecule has 0 aliphatic rings. The standard InChI is InChI=1S/C31H30NO.C22H32NSi.Ir/c1-20-7-10-23(11-8-20)24-12-14-28-26(18-24)25-13-9-21(2)29(30(25)33-28)27-17-22(15-16-32(27)6)19-31(3,4)5;1-15(2)18-10-11-19(17(5)12-18)21-13-20(16(3)4)22(14-23(21)6)24(7,8)9;/h7-18H,2,6,19H2,1,3-5H3;10-16H,5-6H2,1-4,7-9H3;/q2*-1;. The topological polar surface area (TPSA) is 20.9 Å². The van der Waals surface area contributed by atoms with Crippen molar-refractivity contribution < 1.29 is 33.7 Å². The number of rotatable bonds is 7. The predicted octanol–water partition coefficient (Wildman–Crippen LogP) is 13.2. The van der Waals surface area contributed by atoms with E-state index in [0.717, 1.165) is 56.4 Å². The quantitative estimate of drug-likeness (QED) is 0.0886. The van der Waals surface area contributed by atoms with E-state index in [2.05, 4.69) is 200 Å². The summed E-state index contributed by atoms with van der Waals surface area (Å²) in [5.74, 6) is 1.03. The Balaban J connectivity index is 0.000000229. The van der Waals surface area contributed by atoms with Gasteiger partial charge in [0.05, 0.1) is 37.4 Å². The third-order valence-electron chi connectivity index (χ3n) is 10.9. The van der Waals surface area contributed by atoms with Crippen LogP contribution in [0.3, 0.4) is 0 Å². The van der Waals surface area contributed by atoms with Crippen LogP contribution in [0.2, 0.25) is 19.6 Å². The second-order valence-corrected chi connectivity index (χ2v) is 23.8. The Morgan fingerprint density at radius 3 is 1.97 bits per heavy atom. The van der Waals surface area contributed by atoms with E-state index in [1.54, 1.807) is 0 Å². The number of aromatic nitrogens is 2. The molecule has 1 radical (unpaired) electrons. The van der Waals surface area contributed by atoms with Crippen LogP contribution >= 0.6 is 0 Å². The van der Waals surface area contributed by atoms with Crippen LogP contribution in [0, 0.1) is 40.3 Å². The van der Waals surface area contributed by atoms with Crippen LogP contribution in [0.4, 0.5) is 0 Å². The van der Waals surface area contributed by atoms with E-state index in [1.807, 2.05) is 15.3 Å². The van der Waals surface area contributed by atoms with Crippen LogP contribution in [0.1, 0.15) is 93.7 Å². The van der Waals surface area contributed by atoms with Gasteiger partial charge in [0.25, 0.3) is 0 Å². The molecule has 0 aliphatic heterocycles. The van der Waals surface area contributed by atoms with Gasteiger partial charge >= 0.3 is 0 Å². The van der Waals surface area contributed by atoms with Crippen molar-refractivity contribution in [3.05, 3.63) is 165 Å². The molecule has 0 saturated carbocycles. The average Bonchev–Trinajstić information content (AvgIpc) is 3.50. The number of furan rings is 1. The predicted molar refractivity (Wildman–Crippen MR) is 246 cm³/mol. The van der Waals surface area contributed by atoms with Crippen molar-refractivity contribution >= 4 is 35.2 Å². The summed E-state index contributed by atoms with van der Waals surface area (Å²) in [4.78, 5) is 0. The van der Waals surface area contributed by atoms with Crippen molar-refractivity contribution in [3.63, 3.8) is 0 Å². The molecule has 7 rings (SSSR count). The fourth-order valence-corrected chi connectivity index (χ4v) is 9.54. The first-order valence-electron chi connectivity index (χ1n) is 20.3. The zero-order chi connectivity index (χ0) is 41.6. The van der Waals surface area contributed by atoms with E-state index in [4.69, 9.17) is 4.42 Å². The van der Waals surface area contributed by atoms with E-state index < -0.39 is 8.07 Å². The minimum Gasteiger partial charge on any atom is -0.469 e. The van der Waals surface area contributed by atoms with Crippen LogP contribution in [0.15, 0.2) is 108 Å². The van der Waals surface area contributed by atoms with Gasteiger partial charge in [-0.05, 0) is 59.0 Å². The zero-order valence-electron chi connectivity index (χ0n) is 36.6. The normalized spacial score (nSPS) is 11.9. The number of pyridine rings is 2. The summed E-state index contributed by atoms with van der Waals surface area (Å²) in [5, 5.41) is 3.72. The Labute approximate surface area is 363 Å². The summed E-state index contributed by atoms with van der Waals surface area (Å²) in [6, 6.07) is 32.6. The van der Waals surface area contributed by atoms with Crippen molar-refractivity contribution in [1.29, 1.82) is 0 Å². The fraction of sp³-hybridized carbons (Fsp3) is 0.283. The molecule has 3 heterocycles. The van der Waals surface area contributed by atoms with Gasteiger partial charge in [0, 0.05) is 45.0 Å². The molecule has 305 valence electrons. The van der Waals surface area contributed by atoms with Crippen LogP contribution in [0.25, 0.3) is 55.6 Å². The van der Waals surface area contributed by atoms with Crippen molar-refractivity contribution in [2.24, 2.45) is 5.41 Å². The van der Waals surface area contributed by atoms with Gasteiger partial charge in [-0.3, -0.25) is 0 Å². The van der Waals surface area contributed by atoms with Gasteiger partial charge in [-0.2, -0.15) is 37.1 Å². The molecule has 0 saturated heterocycles. The SMILES string of the molecule is [CH2-]c1cc(C(C)C)ccc1-c1cc(C(C)C)c([Si](C)(C)C)c[n+]1[CH2-].[CH2-]c1ccc2c(oc3ccc(-c4ccc(C)cc4)cc32)c1-c1cc(CC(C)(C)C)cc[n+]1[CH2-].[Ir]. The van der Waals surface area contributed by atoms with Crippen molar-refractivity contribution in [2.45, 2.75) is 93.3 Å². The largest absolute Gasteiger partial charge is 0.469 e. The number of fused-ring (bicyclic) bond motifs is 3. The monoisotopic (exact) mass is 963 g/mol. The Bertz CT molecular complexity index is 2560. The van der Waals surface area contributed by atoms with Gasteiger partial charge in [0.15, 0.2) is 0 Å². The summed E-state index contributed by atoms with van der Waals surface area (Å²) >= 11 is 0. The number of nitrogens with zero attached hydrogens (tertiary/aromatic N) is 2. The maximum absolute atomic E-state index is 6.44. The maximum Gasteiger partial charge on any atom is 0.133 e. The van der Waals surface area contributed by atoms with Crippen LogP contribution in [-0.2, 0) is 26.5 Å². The Hall–Kier alpha value is -4.67.